The molecule has 0 spiro atoms. The highest BCUT2D eigenvalue weighted by Gasteiger charge is 1.93. The number of nitrogens with zero attached hydrogens (tertiary/aromatic N) is 3. The maximum atomic E-state index is 8.21. The molecule has 1 heterocycles. The first kappa shape index (κ1) is 5.13. The fraction of sp³-hybridized carbons (Fsp3) is 0. The van der Waals surface area contributed by atoms with Gasteiger partial charge in [0.15, 0.2) is 5.69 Å². The molecule has 1 aromatic heterocycles. The van der Waals surface area contributed by atoms with Gasteiger partial charge in [0.1, 0.15) is 6.07 Å². The molecule has 0 aliphatic rings. The number of aromatic nitrogens is 2. The standard InChI is InChI=1S/C4H2ClN3/c5-8-4(3-6)1-2-7-8/h1-2H. The Hall–Kier alpha value is -1.01. The molecule has 3 nitrogen and oxygen atoms in total. The van der Waals surface area contributed by atoms with Crippen molar-refractivity contribution in [3.8, 4) is 6.07 Å². The lowest BCUT2D eigenvalue weighted by Crippen LogP contribution is -1.83. The van der Waals surface area contributed by atoms with Crippen LogP contribution in [0.5, 0.6) is 0 Å². The Morgan fingerprint density at radius 2 is 2.62 bits per heavy atom. The quantitative estimate of drug-likeness (QED) is 0.516. The second kappa shape index (κ2) is 1.85. The molecule has 0 N–H and O–H groups in total. The van der Waals surface area contributed by atoms with Crippen LogP contribution in [-0.2, 0) is 0 Å². The zero-order chi connectivity index (χ0) is 5.98. The lowest BCUT2D eigenvalue weighted by Gasteiger charge is -1.80. The molecule has 1 aromatic rings. The van der Waals surface area contributed by atoms with Crippen LogP contribution >= 0.6 is 11.8 Å². The average Bonchev–Trinajstić information content (AvgIpc) is 2.14. The van der Waals surface area contributed by atoms with E-state index in [0.717, 1.165) is 4.20 Å². The zero-order valence-electron chi connectivity index (χ0n) is 3.87. The van der Waals surface area contributed by atoms with E-state index in [0.29, 0.717) is 5.69 Å². The Balaban J connectivity index is 3.15. The second-order valence-corrected chi connectivity index (χ2v) is 1.51. The highest BCUT2D eigenvalue weighted by atomic mass is 35.5. The fourth-order valence-electron chi connectivity index (χ4n) is 0.365. The molecule has 0 unspecified atom stereocenters. The van der Waals surface area contributed by atoms with Crippen LogP contribution in [0.25, 0.3) is 0 Å². The van der Waals surface area contributed by atoms with Gasteiger partial charge in [0.25, 0.3) is 0 Å². The van der Waals surface area contributed by atoms with E-state index >= 15 is 0 Å². The first-order valence-corrected chi connectivity index (χ1v) is 2.28. The predicted molar refractivity (Wildman–Crippen MR) is 28.2 cm³/mol. The summed E-state index contributed by atoms with van der Waals surface area (Å²) in [6.07, 6.45) is 1.46. The van der Waals surface area contributed by atoms with Crippen LogP contribution in [0.15, 0.2) is 12.3 Å². The molecule has 0 fully saturated rings. The number of hydrogen-bond acceptors (Lipinski definition) is 2. The number of nitriles is 1. The molecule has 8 heavy (non-hydrogen) atoms. The van der Waals surface area contributed by atoms with Crippen LogP contribution < -0.4 is 0 Å². The molecule has 0 atom stereocenters. The van der Waals surface area contributed by atoms with Crippen molar-refractivity contribution < 1.29 is 0 Å². The summed E-state index contributed by atoms with van der Waals surface area (Å²) in [6, 6.07) is 3.38. The van der Waals surface area contributed by atoms with E-state index in [1.165, 1.54) is 12.3 Å². The Morgan fingerprint density at radius 3 is 2.88 bits per heavy atom. The van der Waals surface area contributed by atoms with Gasteiger partial charge in [-0.25, -0.2) is 0 Å². The van der Waals surface area contributed by atoms with Crippen LogP contribution in [0.3, 0.4) is 0 Å². The smallest absolute Gasteiger partial charge is 0.157 e. The van der Waals surface area contributed by atoms with Crippen molar-refractivity contribution in [1.82, 2.24) is 9.30 Å². The molecule has 0 aromatic carbocycles. The lowest BCUT2D eigenvalue weighted by atomic mass is 10.5. The summed E-state index contributed by atoms with van der Waals surface area (Å²) >= 11 is 5.32. The monoisotopic (exact) mass is 127 g/mol. The third-order valence-electron chi connectivity index (χ3n) is 0.714. The maximum absolute atomic E-state index is 8.21. The molecular formula is C4H2ClN3. The van der Waals surface area contributed by atoms with Crippen molar-refractivity contribution in [2.45, 2.75) is 0 Å². The Bertz CT molecular complexity index is 221. The van der Waals surface area contributed by atoms with Crippen molar-refractivity contribution in [1.29, 1.82) is 5.26 Å². The lowest BCUT2D eigenvalue weighted by molar-refractivity contribution is 0.976. The van der Waals surface area contributed by atoms with Crippen molar-refractivity contribution in [2.75, 3.05) is 0 Å². The molecule has 0 radical (unpaired) electrons. The highest BCUT2D eigenvalue weighted by molar-refractivity contribution is 6.15. The number of hydrogen-bond donors (Lipinski definition) is 0. The third kappa shape index (κ3) is 0.658. The minimum absolute atomic E-state index is 0.353. The topological polar surface area (TPSA) is 41.6 Å². The van der Waals surface area contributed by atoms with Gasteiger partial charge in [0.2, 0.25) is 0 Å². The van der Waals surface area contributed by atoms with Gasteiger partial charge >= 0.3 is 0 Å². The van der Waals surface area contributed by atoms with Gasteiger partial charge in [-0.05, 0) is 6.07 Å². The summed E-state index contributed by atoms with van der Waals surface area (Å²) in [5.74, 6) is 0. The van der Waals surface area contributed by atoms with Crippen LogP contribution in [0, 0.1) is 11.3 Å². The molecule has 0 saturated carbocycles. The molecule has 0 aliphatic heterocycles. The van der Waals surface area contributed by atoms with Gasteiger partial charge in [-0.2, -0.15) is 14.6 Å². The van der Waals surface area contributed by atoms with Crippen molar-refractivity contribution >= 4 is 11.8 Å². The summed E-state index contributed by atoms with van der Waals surface area (Å²) in [5.41, 5.74) is 0.353. The van der Waals surface area contributed by atoms with Gasteiger partial charge in [-0.15, -0.1) is 0 Å². The number of rotatable bonds is 0. The van der Waals surface area contributed by atoms with E-state index in [-0.39, 0.29) is 0 Å². The average molecular weight is 128 g/mol. The Kier molecular flexibility index (Phi) is 1.18. The van der Waals surface area contributed by atoms with Gasteiger partial charge in [-0.3, -0.25) is 0 Å². The highest BCUT2D eigenvalue weighted by Crippen LogP contribution is 1.95. The normalized spacial score (nSPS) is 8.50. The molecule has 40 valence electrons. The van der Waals surface area contributed by atoms with Crippen molar-refractivity contribution in [3.63, 3.8) is 0 Å². The molecule has 0 aliphatic carbocycles. The van der Waals surface area contributed by atoms with Crippen LogP contribution in [-0.4, -0.2) is 9.30 Å². The van der Waals surface area contributed by atoms with E-state index in [9.17, 15) is 0 Å². The van der Waals surface area contributed by atoms with Crippen LogP contribution in [0.4, 0.5) is 0 Å². The molecule has 0 amide bonds. The van der Waals surface area contributed by atoms with E-state index in [4.69, 9.17) is 17.0 Å². The summed E-state index contributed by atoms with van der Waals surface area (Å²) in [4.78, 5) is 0. The molecule has 1 rings (SSSR count). The zero-order valence-corrected chi connectivity index (χ0v) is 4.63. The summed E-state index contributed by atoms with van der Waals surface area (Å²) in [7, 11) is 0. The third-order valence-corrected chi connectivity index (χ3v) is 0.983. The SMILES string of the molecule is N#Cc1ccnn1Cl. The van der Waals surface area contributed by atoms with E-state index < -0.39 is 0 Å². The minimum Gasteiger partial charge on any atom is -0.191 e. The predicted octanol–water partition coefficient (Wildman–Crippen LogP) is 0.757. The fourth-order valence-corrected chi connectivity index (χ4v) is 0.509. The Morgan fingerprint density at radius 1 is 1.88 bits per heavy atom. The Labute approximate surface area is 51.2 Å². The van der Waals surface area contributed by atoms with Gasteiger partial charge in [0.05, 0.1) is 6.20 Å². The van der Waals surface area contributed by atoms with Crippen molar-refractivity contribution in [2.24, 2.45) is 0 Å². The first-order valence-electron chi connectivity index (χ1n) is 1.95. The first-order chi connectivity index (χ1) is 3.84. The molecule has 0 saturated heterocycles. The maximum Gasteiger partial charge on any atom is 0.157 e. The summed E-state index contributed by atoms with van der Waals surface area (Å²) < 4.78 is 1.00. The molecule has 0 bridgehead atoms. The van der Waals surface area contributed by atoms with Crippen molar-refractivity contribution in [3.05, 3.63) is 18.0 Å². The van der Waals surface area contributed by atoms with Crippen LogP contribution in [0.2, 0.25) is 0 Å². The summed E-state index contributed by atoms with van der Waals surface area (Å²) in [5, 5.41) is 11.8. The van der Waals surface area contributed by atoms with E-state index in [1.54, 1.807) is 0 Å². The van der Waals surface area contributed by atoms with E-state index in [1.807, 2.05) is 6.07 Å². The van der Waals surface area contributed by atoms with E-state index in [2.05, 4.69) is 5.10 Å². The van der Waals surface area contributed by atoms with Gasteiger partial charge in [-0.1, -0.05) is 0 Å². The van der Waals surface area contributed by atoms with Crippen LogP contribution in [0.1, 0.15) is 5.69 Å². The summed E-state index contributed by atoms with van der Waals surface area (Å²) in [6.45, 7) is 0. The second-order valence-electron chi connectivity index (χ2n) is 1.19. The molecular weight excluding hydrogens is 126 g/mol. The molecule has 4 heteroatoms. The number of halogens is 1. The largest absolute Gasteiger partial charge is 0.191 e. The minimum atomic E-state index is 0.353. The van der Waals surface area contributed by atoms with Gasteiger partial charge < -0.3 is 0 Å². The van der Waals surface area contributed by atoms with Gasteiger partial charge in [0, 0.05) is 11.8 Å².